The fraction of sp³-hybridized carbons (Fsp3) is 0.529. The predicted molar refractivity (Wildman–Crippen MR) is 166 cm³/mol. The molecule has 2 aromatic rings. The number of nitrogens with zero attached hydrogens (tertiary/aromatic N) is 2. The Balaban J connectivity index is 1.65. The van der Waals surface area contributed by atoms with Gasteiger partial charge in [0.15, 0.2) is 0 Å². The second-order valence-corrected chi connectivity index (χ2v) is 12.3. The van der Waals surface area contributed by atoms with E-state index in [-0.39, 0.29) is 11.8 Å². The van der Waals surface area contributed by atoms with E-state index < -0.39 is 17.7 Å². The molecule has 7 nitrogen and oxygen atoms in total. The van der Waals surface area contributed by atoms with Crippen molar-refractivity contribution in [2.24, 2.45) is 5.92 Å². The van der Waals surface area contributed by atoms with Crippen molar-refractivity contribution in [3.8, 4) is 5.75 Å². The first kappa shape index (κ1) is 32.0. The maximum absolute atomic E-state index is 13.6. The number of alkyl carbamates (subject to hydrolysis) is 1. The van der Waals surface area contributed by atoms with Gasteiger partial charge in [0.25, 0.3) is 0 Å². The van der Waals surface area contributed by atoms with E-state index in [0.29, 0.717) is 25.7 Å². The minimum atomic E-state index is -0.619. The number of ether oxygens (including phenoxy) is 2. The summed E-state index contributed by atoms with van der Waals surface area (Å²) in [5.74, 6) is 0.817. The molecule has 0 spiro atoms. The van der Waals surface area contributed by atoms with Crippen LogP contribution in [0.4, 0.5) is 10.5 Å². The Hall–Kier alpha value is -3.48. The summed E-state index contributed by atoms with van der Waals surface area (Å²) >= 11 is 0. The molecule has 0 bridgehead atoms. The summed E-state index contributed by atoms with van der Waals surface area (Å²) in [6.07, 6.45) is 4.20. The van der Waals surface area contributed by atoms with Crippen molar-refractivity contribution in [2.45, 2.75) is 92.0 Å². The standard InChI is InChI=1S/C34H49N3O4/c1-8-26(4)31(35-33(39)41-34(5,6)7)32(38)36-21-19-29(20-22-36)37(23-18-25(2)3)28-14-16-30(17-15-28)40-24-27-12-10-9-11-13-27/h9-18,26,29,31H,8,19-24H2,1-7H3,(H,35,39). The number of likely N-dealkylation sites (tertiary alicyclic amines) is 1. The van der Waals surface area contributed by atoms with Gasteiger partial charge in [0.05, 0.1) is 0 Å². The Morgan fingerprint density at radius 1 is 1.05 bits per heavy atom. The van der Waals surface area contributed by atoms with Crippen LogP contribution < -0.4 is 15.0 Å². The zero-order valence-electron chi connectivity index (χ0n) is 26.0. The Labute approximate surface area is 246 Å². The van der Waals surface area contributed by atoms with Crippen molar-refractivity contribution in [2.75, 3.05) is 24.5 Å². The van der Waals surface area contributed by atoms with Gasteiger partial charge in [-0.25, -0.2) is 4.79 Å². The van der Waals surface area contributed by atoms with Crippen molar-refractivity contribution in [1.29, 1.82) is 0 Å². The summed E-state index contributed by atoms with van der Waals surface area (Å²) in [6, 6.07) is 18.2. The number of anilines is 1. The van der Waals surface area contributed by atoms with Crippen molar-refractivity contribution >= 4 is 17.7 Å². The van der Waals surface area contributed by atoms with Gasteiger partial charge in [-0.3, -0.25) is 4.79 Å². The summed E-state index contributed by atoms with van der Waals surface area (Å²) < 4.78 is 11.5. The molecule has 0 radical (unpaired) electrons. The Morgan fingerprint density at radius 3 is 2.24 bits per heavy atom. The van der Waals surface area contributed by atoms with E-state index in [1.54, 1.807) is 0 Å². The van der Waals surface area contributed by atoms with E-state index in [1.165, 1.54) is 5.57 Å². The normalized spacial score (nSPS) is 15.4. The third-order valence-corrected chi connectivity index (χ3v) is 7.48. The monoisotopic (exact) mass is 563 g/mol. The average molecular weight is 564 g/mol. The molecule has 3 rings (SSSR count). The van der Waals surface area contributed by atoms with Crippen LogP contribution in [0.5, 0.6) is 5.75 Å². The maximum Gasteiger partial charge on any atom is 0.408 e. The first-order valence-electron chi connectivity index (χ1n) is 14.9. The molecular formula is C34H49N3O4. The van der Waals surface area contributed by atoms with Crippen LogP contribution in [0.1, 0.15) is 73.3 Å². The summed E-state index contributed by atoms with van der Waals surface area (Å²) in [4.78, 5) is 30.4. The van der Waals surface area contributed by atoms with Gasteiger partial charge in [0.1, 0.15) is 24.0 Å². The van der Waals surface area contributed by atoms with Crippen LogP contribution in [0.15, 0.2) is 66.2 Å². The minimum Gasteiger partial charge on any atom is -0.489 e. The lowest BCUT2D eigenvalue weighted by Gasteiger charge is -2.41. The highest BCUT2D eigenvalue weighted by Gasteiger charge is 2.34. The molecule has 0 aliphatic carbocycles. The van der Waals surface area contributed by atoms with Crippen LogP contribution in [0.2, 0.25) is 0 Å². The molecule has 0 saturated carbocycles. The highest BCUT2D eigenvalue weighted by molar-refractivity contribution is 5.86. The largest absolute Gasteiger partial charge is 0.489 e. The van der Waals surface area contributed by atoms with Gasteiger partial charge in [-0.05, 0) is 83.2 Å². The SMILES string of the molecule is CCC(C)C(NC(=O)OC(C)(C)C)C(=O)N1CCC(N(CC=C(C)C)c2ccc(OCc3ccccc3)cc2)CC1. The molecule has 0 aromatic heterocycles. The summed E-state index contributed by atoms with van der Waals surface area (Å²) in [5.41, 5.74) is 2.94. The molecule has 1 heterocycles. The molecule has 1 saturated heterocycles. The fourth-order valence-corrected chi connectivity index (χ4v) is 4.93. The first-order chi connectivity index (χ1) is 19.5. The van der Waals surface area contributed by atoms with Crippen molar-refractivity contribution in [3.63, 3.8) is 0 Å². The minimum absolute atomic E-state index is 0.00420. The zero-order valence-corrected chi connectivity index (χ0v) is 26.0. The molecular weight excluding hydrogens is 514 g/mol. The summed E-state index contributed by atoms with van der Waals surface area (Å²) in [5, 5.41) is 2.86. The molecule has 2 amide bonds. The van der Waals surface area contributed by atoms with Gasteiger partial charge in [-0.15, -0.1) is 0 Å². The fourth-order valence-electron chi connectivity index (χ4n) is 4.93. The number of amides is 2. The molecule has 1 N–H and O–H groups in total. The molecule has 41 heavy (non-hydrogen) atoms. The van der Waals surface area contributed by atoms with E-state index in [4.69, 9.17) is 9.47 Å². The van der Waals surface area contributed by atoms with Gasteiger partial charge in [0, 0.05) is 31.4 Å². The van der Waals surface area contributed by atoms with Crippen LogP contribution in [0.25, 0.3) is 0 Å². The van der Waals surface area contributed by atoms with E-state index >= 15 is 0 Å². The zero-order chi connectivity index (χ0) is 30.0. The molecule has 2 unspecified atom stereocenters. The number of nitrogens with one attached hydrogen (secondary N) is 1. The molecule has 2 atom stereocenters. The molecule has 1 aliphatic rings. The van der Waals surface area contributed by atoms with Gasteiger partial charge in [-0.2, -0.15) is 0 Å². The van der Waals surface area contributed by atoms with Crippen LogP contribution in [0, 0.1) is 5.92 Å². The number of rotatable bonds is 11. The number of hydrogen-bond acceptors (Lipinski definition) is 5. The number of hydrogen-bond donors (Lipinski definition) is 1. The smallest absolute Gasteiger partial charge is 0.408 e. The van der Waals surface area contributed by atoms with Crippen LogP contribution >= 0.6 is 0 Å². The Morgan fingerprint density at radius 2 is 1.68 bits per heavy atom. The summed E-state index contributed by atoms with van der Waals surface area (Å²) in [6.45, 7) is 16.4. The van der Waals surface area contributed by atoms with Crippen LogP contribution in [0.3, 0.4) is 0 Å². The highest BCUT2D eigenvalue weighted by Crippen LogP contribution is 2.27. The molecule has 1 aliphatic heterocycles. The number of piperidine rings is 1. The van der Waals surface area contributed by atoms with Crippen LogP contribution in [-0.2, 0) is 16.1 Å². The third-order valence-electron chi connectivity index (χ3n) is 7.48. The first-order valence-corrected chi connectivity index (χ1v) is 14.9. The number of benzene rings is 2. The average Bonchev–Trinajstić information content (AvgIpc) is 2.94. The molecule has 2 aromatic carbocycles. The van der Waals surface area contributed by atoms with Crippen molar-refractivity contribution in [3.05, 3.63) is 71.8 Å². The lowest BCUT2D eigenvalue weighted by molar-refractivity contribution is -0.135. The molecule has 1 fully saturated rings. The maximum atomic E-state index is 13.6. The van der Waals surface area contributed by atoms with Crippen molar-refractivity contribution < 1.29 is 19.1 Å². The van der Waals surface area contributed by atoms with Gasteiger partial charge >= 0.3 is 6.09 Å². The summed E-state index contributed by atoms with van der Waals surface area (Å²) in [7, 11) is 0. The second kappa shape index (κ2) is 14.9. The van der Waals surface area contributed by atoms with E-state index in [9.17, 15) is 9.59 Å². The van der Waals surface area contributed by atoms with Gasteiger partial charge in [0.2, 0.25) is 5.91 Å². The molecule has 224 valence electrons. The highest BCUT2D eigenvalue weighted by atomic mass is 16.6. The Bertz CT molecular complexity index is 1130. The number of carbonyl (C=O) groups is 2. The van der Waals surface area contributed by atoms with E-state index in [0.717, 1.165) is 42.8 Å². The van der Waals surface area contributed by atoms with Crippen molar-refractivity contribution in [1.82, 2.24) is 10.2 Å². The van der Waals surface area contributed by atoms with Crippen LogP contribution in [-0.4, -0.2) is 54.2 Å². The topological polar surface area (TPSA) is 71.1 Å². The van der Waals surface area contributed by atoms with E-state index in [2.05, 4.69) is 54.4 Å². The van der Waals surface area contributed by atoms with Gasteiger partial charge in [-0.1, -0.05) is 62.2 Å². The quantitative estimate of drug-likeness (QED) is 0.299. The number of allylic oxidation sites excluding steroid dienone is 1. The third kappa shape index (κ3) is 10.1. The lowest BCUT2D eigenvalue weighted by Crippen LogP contribution is -2.55. The Kier molecular flexibility index (Phi) is 11.7. The number of carbonyl (C=O) groups excluding carboxylic acids is 2. The predicted octanol–water partition coefficient (Wildman–Crippen LogP) is 6.97. The van der Waals surface area contributed by atoms with Gasteiger partial charge < -0.3 is 24.6 Å². The van der Waals surface area contributed by atoms with E-state index in [1.807, 2.05) is 69.9 Å². The molecule has 7 heteroatoms. The lowest BCUT2D eigenvalue weighted by atomic mass is 9.95. The second-order valence-electron chi connectivity index (χ2n) is 12.3.